The number of aromatic nitrogens is 3. The predicted octanol–water partition coefficient (Wildman–Crippen LogP) is 5.93. The Bertz CT molecular complexity index is 1420. The summed E-state index contributed by atoms with van der Waals surface area (Å²) in [7, 11) is 3.25. The van der Waals surface area contributed by atoms with E-state index in [2.05, 4.69) is 60.5 Å². The highest BCUT2D eigenvalue weighted by Crippen LogP contribution is 2.35. The van der Waals surface area contributed by atoms with E-state index in [9.17, 15) is 0 Å². The van der Waals surface area contributed by atoms with Crippen molar-refractivity contribution in [2.75, 3.05) is 19.5 Å². The van der Waals surface area contributed by atoms with Crippen molar-refractivity contribution in [2.45, 2.75) is 13.8 Å². The lowest BCUT2D eigenvalue weighted by molar-refractivity contribution is 0.355. The van der Waals surface area contributed by atoms with Gasteiger partial charge in [0.05, 0.1) is 37.8 Å². The molecule has 0 aliphatic heterocycles. The summed E-state index contributed by atoms with van der Waals surface area (Å²) < 4.78 is 13.0. The average molecular weight is 425 g/mol. The maximum atomic E-state index is 5.48. The fourth-order valence-electron chi connectivity index (χ4n) is 4.15. The van der Waals surface area contributed by atoms with Gasteiger partial charge in [0.1, 0.15) is 5.52 Å². The molecule has 2 heterocycles. The smallest absolute Gasteiger partial charge is 0.163 e. The molecule has 0 bridgehead atoms. The Labute approximate surface area is 186 Å². The first-order chi connectivity index (χ1) is 15.6. The summed E-state index contributed by atoms with van der Waals surface area (Å²) in [6.45, 7) is 4.23. The molecule has 0 amide bonds. The number of benzene rings is 3. The van der Waals surface area contributed by atoms with E-state index in [0.717, 1.165) is 39.2 Å². The Hall–Kier alpha value is -4.06. The molecule has 160 valence electrons. The van der Waals surface area contributed by atoms with Gasteiger partial charge in [0.25, 0.3) is 0 Å². The van der Waals surface area contributed by atoms with Gasteiger partial charge >= 0.3 is 0 Å². The molecule has 0 saturated heterocycles. The van der Waals surface area contributed by atoms with Crippen LogP contribution < -0.4 is 14.8 Å². The molecule has 0 aliphatic rings. The van der Waals surface area contributed by atoms with Crippen LogP contribution in [0.3, 0.4) is 0 Å². The Morgan fingerprint density at radius 1 is 0.812 bits per heavy atom. The maximum absolute atomic E-state index is 5.48. The lowest BCUT2D eigenvalue weighted by Gasteiger charge is -2.17. The number of ether oxygens (including phenoxy) is 2. The van der Waals surface area contributed by atoms with Crippen molar-refractivity contribution in [3.63, 3.8) is 0 Å². The van der Waals surface area contributed by atoms with E-state index >= 15 is 0 Å². The minimum absolute atomic E-state index is 0.637. The number of anilines is 2. The van der Waals surface area contributed by atoms with Gasteiger partial charge in [-0.1, -0.05) is 30.3 Å². The first kappa shape index (κ1) is 19.9. The summed E-state index contributed by atoms with van der Waals surface area (Å²) in [5.41, 5.74) is 8.31. The topological polar surface area (TPSA) is 60.7 Å². The summed E-state index contributed by atoms with van der Waals surface area (Å²) in [5.74, 6) is 2.03. The first-order valence-corrected chi connectivity index (χ1v) is 10.4. The Morgan fingerprint density at radius 3 is 2.19 bits per heavy atom. The Kier molecular flexibility index (Phi) is 4.90. The van der Waals surface area contributed by atoms with Crippen LogP contribution in [0.15, 0.2) is 67.1 Å². The molecular formula is C26H24N4O2. The summed E-state index contributed by atoms with van der Waals surface area (Å²) in [4.78, 5) is 9.27. The minimum atomic E-state index is 0.637. The Balaban J connectivity index is 1.63. The molecule has 0 spiro atoms. The fraction of sp³-hybridized carbons (Fsp3) is 0.154. The summed E-state index contributed by atoms with van der Waals surface area (Å²) in [6.07, 6.45) is 3.60. The SMILES string of the molecule is COc1cc2nc(Nc3c(C)cc(-c4ccccc4)cc3C)c3cncn3c2cc1OC. The molecule has 1 N–H and O–H groups in total. The number of aryl methyl sites for hydroxylation is 2. The van der Waals surface area contributed by atoms with E-state index in [0.29, 0.717) is 11.5 Å². The van der Waals surface area contributed by atoms with Crippen LogP contribution in [0.1, 0.15) is 11.1 Å². The summed E-state index contributed by atoms with van der Waals surface area (Å²) >= 11 is 0. The molecule has 5 rings (SSSR count). The van der Waals surface area contributed by atoms with Crippen LogP contribution >= 0.6 is 0 Å². The zero-order valence-electron chi connectivity index (χ0n) is 18.5. The van der Waals surface area contributed by atoms with Gasteiger partial charge in [-0.15, -0.1) is 0 Å². The van der Waals surface area contributed by atoms with Crippen molar-refractivity contribution in [1.82, 2.24) is 14.4 Å². The molecule has 5 aromatic rings. The number of nitrogens with one attached hydrogen (secondary N) is 1. The average Bonchev–Trinajstić information content (AvgIpc) is 3.31. The fourth-order valence-corrected chi connectivity index (χ4v) is 4.15. The van der Waals surface area contributed by atoms with E-state index in [1.807, 2.05) is 28.8 Å². The number of hydrogen-bond donors (Lipinski definition) is 1. The van der Waals surface area contributed by atoms with Crippen molar-refractivity contribution < 1.29 is 9.47 Å². The Morgan fingerprint density at radius 2 is 1.50 bits per heavy atom. The number of rotatable bonds is 5. The zero-order valence-corrected chi connectivity index (χ0v) is 18.5. The van der Waals surface area contributed by atoms with Crippen LogP contribution in [0.4, 0.5) is 11.5 Å². The third kappa shape index (κ3) is 3.30. The molecule has 0 unspecified atom stereocenters. The van der Waals surface area contributed by atoms with Crippen LogP contribution in [-0.4, -0.2) is 28.6 Å². The van der Waals surface area contributed by atoms with Gasteiger partial charge < -0.3 is 14.8 Å². The summed E-state index contributed by atoms with van der Waals surface area (Å²) in [6, 6.07) is 18.6. The molecule has 0 saturated carbocycles. The largest absolute Gasteiger partial charge is 0.493 e. The molecule has 6 heteroatoms. The third-order valence-electron chi connectivity index (χ3n) is 5.74. The van der Waals surface area contributed by atoms with Crippen molar-refractivity contribution in [3.05, 3.63) is 78.2 Å². The number of methoxy groups -OCH3 is 2. The monoisotopic (exact) mass is 424 g/mol. The van der Waals surface area contributed by atoms with Gasteiger partial charge in [0.15, 0.2) is 17.3 Å². The number of nitrogens with zero attached hydrogens (tertiary/aromatic N) is 3. The van der Waals surface area contributed by atoms with E-state index in [-0.39, 0.29) is 0 Å². The van der Waals surface area contributed by atoms with Crippen molar-refractivity contribution >= 4 is 28.1 Å². The molecule has 0 atom stereocenters. The maximum Gasteiger partial charge on any atom is 0.163 e. The van der Waals surface area contributed by atoms with Gasteiger partial charge in [-0.2, -0.15) is 0 Å². The van der Waals surface area contributed by atoms with E-state index in [1.54, 1.807) is 20.5 Å². The summed E-state index contributed by atoms with van der Waals surface area (Å²) in [5, 5.41) is 3.56. The molecule has 0 aliphatic carbocycles. The molecule has 6 nitrogen and oxygen atoms in total. The molecule has 2 aromatic heterocycles. The van der Waals surface area contributed by atoms with Crippen LogP contribution in [0, 0.1) is 13.8 Å². The molecule has 3 aromatic carbocycles. The number of fused-ring (bicyclic) bond motifs is 3. The van der Waals surface area contributed by atoms with E-state index < -0.39 is 0 Å². The molecule has 0 radical (unpaired) electrons. The van der Waals surface area contributed by atoms with Gasteiger partial charge in [0.2, 0.25) is 0 Å². The van der Waals surface area contributed by atoms with Crippen LogP contribution in [0.25, 0.3) is 27.7 Å². The normalized spacial score (nSPS) is 11.1. The van der Waals surface area contributed by atoms with Gasteiger partial charge in [0, 0.05) is 17.8 Å². The highest BCUT2D eigenvalue weighted by molar-refractivity contribution is 5.88. The minimum Gasteiger partial charge on any atom is -0.493 e. The standard InChI is InChI=1S/C26H24N4O2/c1-16-10-19(18-8-6-5-7-9-18)11-17(2)25(16)29-26-22-14-27-15-30(22)21-13-24(32-4)23(31-3)12-20(21)28-26/h5-15H,1-4H3,(H,28,29). The van der Waals surface area contributed by atoms with E-state index in [1.165, 1.54) is 11.1 Å². The van der Waals surface area contributed by atoms with Crippen molar-refractivity contribution in [2.24, 2.45) is 0 Å². The zero-order chi connectivity index (χ0) is 22.2. The molecule has 0 fully saturated rings. The highest BCUT2D eigenvalue weighted by atomic mass is 16.5. The number of hydrogen-bond acceptors (Lipinski definition) is 5. The van der Waals surface area contributed by atoms with Crippen LogP contribution in [-0.2, 0) is 0 Å². The van der Waals surface area contributed by atoms with E-state index in [4.69, 9.17) is 14.5 Å². The van der Waals surface area contributed by atoms with Crippen LogP contribution in [0.5, 0.6) is 11.5 Å². The number of imidazole rings is 1. The molecule has 32 heavy (non-hydrogen) atoms. The second-order valence-electron chi connectivity index (χ2n) is 7.78. The van der Waals surface area contributed by atoms with Gasteiger partial charge in [-0.25, -0.2) is 9.97 Å². The molecular weight excluding hydrogens is 400 g/mol. The van der Waals surface area contributed by atoms with Crippen molar-refractivity contribution in [3.8, 4) is 22.6 Å². The third-order valence-corrected chi connectivity index (χ3v) is 5.74. The highest BCUT2D eigenvalue weighted by Gasteiger charge is 2.15. The predicted molar refractivity (Wildman–Crippen MR) is 128 cm³/mol. The lowest BCUT2D eigenvalue weighted by Crippen LogP contribution is -2.03. The van der Waals surface area contributed by atoms with Gasteiger partial charge in [-0.3, -0.25) is 4.40 Å². The second-order valence-corrected chi connectivity index (χ2v) is 7.78. The second kappa shape index (κ2) is 7.89. The first-order valence-electron chi connectivity index (χ1n) is 10.4. The van der Waals surface area contributed by atoms with Crippen LogP contribution in [0.2, 0.25) is 0 Å². The van der Waals surface area contributed by atoms with Gasteiger partial charge in [-0.05, 0) is 48.2 Å². The lowest BCUT2D eigenvalue weighted by atomic mass is 9.99. The quantitative estimate of drug-likeness (QED) is 0.379. The van der Waals surface area contributed by atoms with Crippen molar-refractivity contribution in [1.29, 1.82) is 0 Å².